The van der Waals surface area contributed by atoms with Crippen LogP contribution in [0.4, 0.5) is 17.6 Å². The monoisotopic (exact) mass is 763 g/mol. The molecule has 0 spiro atoms. The largest absolute Gasteiger partial charge is 0.365 e. The number of aryl methyl sites for hydroxylation is 1. The summed E-state index contributed by atoms with van der Waals surface area (Å²) in [4.78, 5) is 3.15. The van der Waals surface area contributed by atoms with Gasteiger partial charge in [0.25, 0.3) is 22.4 Å². The van der Waals surface area contributed by atoms with Crippen molar-refractivity contribution < 1.29 is 39.1 Å². The van der Waals surface area contributed by atoms with Gasteiger partial charge >= 0.3 is 5.66 Å². The fraction of sp³-hybridized carbons (Fsp3) is 0.586. The van der Waals surface area contributed by atoms with Crippen LogP contribution < -0.4 is 0 Å². The Morgan fingerprint density at radius 1 is 1.14 bits per heavy atom. The van der Waals surface area contributed by atoms with E-state index in [-0.39, 0.29) is 46.6 Å². The van der Waals surface area contributed by atoms with Crippen LogP contribution >= 0.6 is 11.3 Å². The second-order valence-electron chi connectivity index (χ2n) is 13.6. The fourth-order valence-electron chi connectivity index (χ4n) is 5.43. The number of halogens is 4. The number of hydrogen-bond acceptors (Lipinski definition) is 9. The lowest BCUT2D eigenvalue weighted by molar-refractivity contribution is 0.0417. The number of benzene rings is 1. The smallest absolute Gasteiger partial charge is 0.303 e. The van der Waals surface area contributed by atoms with Crippen molar-refractivity contribution >= 4 is 55.9 Å². The number of rotatable bonds is 13. The number of fused-ring (bicyclic) bond motifs is 1. The third kappa shape index (κ3) is 7.20. The van der Waals surface area contributed by atoms with E-state index in [1.54, 1.807) is 0 Å². The molecule has 2 aromatic heterocycles. The van der Waals surface area contributed by atoms with E-state index in [1.807, 2.05) is 0 Å². The van der Waals surface area contributed by atoms with Crippen molar-refractivity contribution in [2.45, 2.75) is 80.5 Å². The van der Waals surface area contributed by atoms with E-state index in [9.17, 15) is 25.6 Å². The molecule has 0 amide bonds. The number of nitrogens with zero attached hydrogens (tertiary/aromatic N) is 7. The number of hydrogen-bond donors (Lipinski definition) is 0. The summed E-state index contributed by atoms with van der Waals surface area (Å²) in [5.74, 6) is -3.78. The SMILES string of the molecule is [C-]#[N+]C1(N(COCC[Si](C)(C)C)S(=O)(=O)c2cc(C3=CCN(S(=O)(=O)C(C)C)CC3(F)F)c3c(c2)c(-c2nnc(C(F)F)s2)nn3C)CC1. The summed E-state index contributed by atoms with van der Waals surface area (Å²) in [6.45, 7) is 15.2. The van der Waals surface area contributed by atoms with Gasteiger partial charge in [-0.25, -0.2) is 32.2 Å². The molecule has 1 fully saturated rings. The van der Waals surface area contributed by atoms with Gasteiger partial charge in [-0.05, 0) is 32.0 Å². The lowest BCUT2D eigenvalue weighted by atomic mass is 9.94. The maximum atomic E-state index is 16.1. The Balaban J connectivity index is 1.71. The molecule has 2 aliphatic rings. The first-order valence-electron chi connectivity index (χ1n) is 15.3. The molecular formula is C29H37F4N7O5S3Si. The molecule has 0 bridgehead atoms. The summed E-state index contributed by atoms with van der Waals surface area (Å²) in [6, 6.07) is 3.00. The molecule has 0 radical (unpaired) electrons. The van der Waals surface area contributed by atoms with Crippen molar-refractivity contribution in [3.63, 3.8) is 0 Å². The van der Waals surface area contributed by atoms with Crippen LogP contribution in [-0.4, -0.2) is 96.8 Å². The first kappa shape index (κ1) is 37.5. The second kappa shape index (κ2) is 13.1. The van der Waals surface area contributed by atoms with E-state index in [0.29, 0.717) is 15.6 Å². The molecule has 3 aromatic rings. The standard InChI is InChI=1S/C29H37F4N7O5S3Si/c1-18(2)47(41,42)39-11-8-22(29(32,33)16-39)20-14-19(15-21-23(37-38(4)24(20)21)26-35-36-27(46-26)25(30)31)48(43,44)40(28(34-3)9-10-28)17-45-12-13-49(5,6)7/h8,14-15,18,25H,9-13,16-17H2,1-2,4-7H3. The van der Waals surface area contributed by atoms with E-state index in [4.69, 9.17) is 11.3 Å². The van der Waals surface area contributed by atoms with Crippen molar-refractivity contribution in [1.82, 2.24) is 28.6 Å². The van der Waals surface area contributed by atoms with Crippen LogP contribution in [-0.2, 0) is 31.8 Å². The molecule has 0 saturated heterocycles. The molecule has 1 aromatic carbocycles. The van der Waals surface area contributed by atoms with E-state index >= 15 is 8.78 Å². The van der Waals surface area contributed by atoms with Gasteiger partial charge in [0, 0.05) is 44.8 Å². The second-order valence-corrected chi connectivity index (χ2v) is 24.6. The van der Waals surface area contributed by atoms with Crippen molar-refractivity contribution in [2.75, 3.05) is 26.4 Å². The molecule has 12 nitrogen and oxygen atoms in total. The normalized spacial score (nSPS) is 18.4. The van der Waals surface area contributed by atoms with E-state index in [2.05, 4.69) is 39.8 Å². The zero-order valence-electron chi connectivity index (χ0n) is 27.7. The van der Waals surface area contributed by atoms with Gasteiger partial charge in [-0.1, -0.05) is 41.4 Å². The highest BCUT2D eigenvalue weighted by atomic mass is 32.2. The Labute approximate surface area is 287 Å². The molecule has 0 atom stereocenters. The Hall–Kier alpha value is -2.80. The van der Waals surface area contributed by atoms with Gasteiger partial charge < -0.3 is 4.74 Å². The van der Waals surface area contributed by atoms with Crippen LogP contribution in [0.1, 0.15) is 43.7 Å². The lowest BCUT2D eigenvalue weighted by Crippen LogP contribution is -2.47. The van der Waals surface area contributed by atoms with E-state index in [1.165, 1.54) is 31.6 Å². The first-order valence-corrected chi connectivity index (χ1v) is 22.8. The lowest BCUT2D eigenvalue weighted by Gasteiger charge is -2.33. The van der Waals surface area contributed by atoms with Crippen LogP contribution in [0.3, 0.4) is 0 Å². The predicted molar refractivity (Wildman–Crippen MR) is 180 cm³/mol. The molecule has 0 unspecified atom stereocenters. The summed E-state index contributed by atoms with van der Waals surface area (Å²) < 4.78 is 122. The average molecular weight is 764 g/mol. The Morgan fingerprint density at radius 2 is 1.82 bits per heavy atom. The average Bonchev–Trinajstić information content (AvgIpc) is 3.48. The van der Waals surface area contributed by atoms with Crippen LogP contribution in [0.5, 0.6) is 0 Å². The molecule has 20 heteroatoms. The topological polar surface area (TPSA) is 132 Å². The molecule has 0 N–H and O–H groups in total. The highest BCUT2D eigenvalue weighted by molar-refractivity contribution is 7.89. The van der Waals surface area contributed by atoms with Crippen LogP contribution in [0.2, 0.25) is 25.7 Å². The van der Waals surface area contributed by atoms with E-state index < -0.39 is 86.7 Å². The van der Waals surface area contributed by atoms with Gasteiger partial charge in [0.15, 0.2) is 10.0 Å². The minimum absolute atomic E-state index is 0.0109. The van der Waals surface area contributed by atoms with Crippen molar-refractivity contribution in [3.05, 3.63) is 40.2 Å². The minimum atomic E-state index is -4.62. The predicted octanol–water partition coefficient (Wildman–Crippen LogP) is 5.81. The number of ether oxygens (including phenoxy) is 1. The van der Waals surface area contributed by atoms with Gasteiger partial charge in [-0.2, -0.15) is 18.2 Å². The van der Waals surface area contributed by atoms with Crippen molar-refractivity contribution in [2.24, 2.45) is 7.05 Å². The Morgan fingerprint density at radius 3 is 2.35 bits per heavy atom. The molecule has 1 aliphatic heterocycles. The van der Waals surface area contributed by atoms with Crippen LogP contribution in [0.15, 0.2) is 23.1 Å². The van der Waals surface area contributed by atoms with Gasteiger partial charge in [-0.15, -0.1) is 10.2 Å². The van der Waals surface area contributed by atoms with Crippen LogP contribution in [0, 0.1) is 6.57 Å². The van der Waals surface area contributed by atoms with Crippen molar-refractivity contribution in [3.8, 4) is 10.7 Å². The summed E-state index contributed by atoms with van der Waals surface area (Å²) >= 11 is 0.522. The number of aromatic nitrogens is 4. The fourth-order valence-corrected chi connectivity index (χ4v) is 9.78. The molecule has 268 valence electrons. The highest BCUT2D eigenvalue weighted by Crippen LogP contribution is 2.48. The Kier molecular flexibility index (Phi) is 9.99. The molecule has 3 heterocycles. The zero-order valence-corrected chi connectivity index (χ0v) is 31.2. The summed E-state index contributed by atoms with van der Waals surface area (Å²) in [6.07, 6.45) is -1.42. The minimum Gasteiger partial charge on any atom is -0.365 e. The third-order valence-corrected chi connectivity index (χ3v) is 15.1. The zero-order chi connectivity index (χ0) is 36.3. The highest BCUT2D eigenvalue weighted by Gasteiger charge is 2.61. The van der Waals surface area contributed by atoms with Crippen LogP contribution in [0.25, 0.3) is 32.0 Å². The molecule has 1 saturated carbocycles. The number of sulfonamides is 2. The van der Waals surface area contributed by atoms with E-state index in [0.717, 1.165) is 22.5 Å². The van der Waals surface area contributed by atoms with Gasteiger partial charge in [0.05, 0.1) is 35.0 Å². The summed E-state index contributed by atoms with van der Waals surface area (Å²) in [5, 5.41) is 10.0. The Bertz CT molecular complexity index is 2050. The van der Waals surface area contributed by atoms with Gasteiger partial charge in [0.1, 0.15) is 12.4 Å². The first-order chi connectivity index (χ1) is 22.6. The number of alkyl halides is 4. The maximum absolute atomic E-state index is 16.1. The van der Waals surface area contributed by atoms with Gasteiger partial charge in [-0.3, -0.25) is 9.53 Å². The van der Waals surface area contributed by atoms with Crippen molar-refractivity contribution in [1.29, 1.82) is 0 Å². The maximum Gasteiger partial charge on any atom is 0.303 e. The summed E-state index contributed by atoms with van der Waals surface area (Å²) in [7, 11) is -8.81. The molecule has 1 aliphatic carbocycles. The molecular weight excluding hydrogens is 727 g/mol. The van der Waals surface area contributed by atoms with Gasteiger partial charge in [0.2, 0.25) is 10.0 Å². The third-order valence-electron chi connectivity index (χ3n) is 8.42. The summed E-state index contributed by atoms with van der Waals surface area (Å²) in [5.41, 5.74) is -2.33. The quantitative estimate of drug-likeness (QED) is 0.0701. The molecule has 5 rings (SSSR count). The molecule has 49 heavy (non-hydrogen) atoms.